The number of aromatic nitrogens is 2. The average Bonchev–Trinajstić information content (AvgIpc) is 3.37. The molecule has 4 rings (SSSR count). The summed E-state index contributed by atoms with van der Waals surface area (Å²) in [5.74, 6) is -0.348. The molecule has 2 heterocycles. The number of carbonyl (C=O) groups excluding carboxylic acids is 1. The summed E-state index contributed by atoms with van der Waals surface area (Å²) in [5, 5.41) is 2.86. The van der Waals surface area contributed by atoms with E-state index in [9.17, 15) is 35.3 Å². The monoisotopic (exact) mass is 633 g/mol. The SMILES string of the molecule is CS(=O)N1CCN(CCc2ccccc2C(F)(F)F)CC1C(=O)NCCc1cncn1Cc1ccc(C(F)(F)F)cc1.O. The first-order chi connectivity index (χ1) is 19.8. The Labute approximate surface area is 247 Å². The third kappa shape index (κ3) is 9.11. The summed E-state index contributed by atoms with van der Waals surface area (Å²) in [6.07, 6.45) is -3.66. The lowest BCUT2D eigenvalue weighted by molar-refractivity contribution is -0.138. The van der Waals surface area contributed by atoms with Gasteiger partial charge in [-0.15, -0.1) is 0 Å². The normalized spacial score (nSPS) is 17.3. The van der Waals surface area contributed by atoms with Gasteiger partial charge in [0.05, 0.1) is 28.4 Å². The van der Waals surface area contributed by atoms with Crippen LogP contribution in [0.3, 0.4) is 0 Å². The Bertz CT molecular complexity index is 1380. The van der Waals surface area contributed by atoms with E-state index in [-0.39, 0.29) is 36.5 Å². The Morgan fingerprint density at radius 2 is 1.70 bits per heavy atom. The predicted octanol–water partition coefficient (Wildman–Crippen LogP) is 3.33. The van der Waals surface area contributed by atoms with Gasteiger partial charge in [-0.2, -0.15) is 26.3 Å². The highest BCUT2D eigenvalue weighted by molar-refractivity contribution is 7.81. The van der Waals surface area contributed by atoms with E-state index in [4.69, 9.17) is 0 Å². The Hall–Kier alpha value is -3.27. The highest BCUT2D eigenvalue weighted by atomic mass is 32.2. The van der Waals surface area contributed by atoms with E-state index < -0.39 is 40.5 Å². The van der Waals surface area contributed by atoms with Crippen LogP contribution in [0.25, 0.3) is 0 Å². The van der Waals surface area contributed by atoms with Gasteiger partial charge in [-0.1, -0.05) is 30.3 Å². The maximum absolute atomic E-state index is 13.4. The first kappa shape index (κ1) is 34.2. The Balaban J connectivity index is 0.00000506. The van der Waals surface area contributed by atoms with Crippen molar-refractivity contribution in [3.63, 3.8) is 0 Å². The van der Waals surface area contributed by atoms with Gasteiger partial charge in [0.2, 0.25) is 5.91 Å². The molecule has 236 valence electrons. The van der Waals surface area contributed by atoms with Gasteiger partial charge in [-0.05, 0) is 35.7 Å². The van der Waals surface area contributed by atoms with E-state index in [1.54, 1.807) is 27.5 Å². The zero-order valence-electron chi connectivity index (χ0n) is 23.3. The average molecular weight is 634 g/mol. The van der Waals surface area contributed by atoms with E-state index in [2.05, 4.69) is 10.3 Å². The molecule has 1 aliphatic rings. The fourth-order valence-electron chi connectivity index (χ4n) is 4.97. The Morgan fingerprint density at radius 1 is 1.00 bits per heavy atom. The first-order valence-corrected chi connectivity index (χ1v) is 14.7. The molecule has 8 nitrogen and oxygen atoms in total. The minimum absolute atomic E-state index is 0. The number of benzene rings is 2. The molecule has 0 aliphatic carbocycles. The molecule has 2 atom stereocenters. The Kier molecular flexibility index (Phi) is 11.5. The highest BCUT2D eigenvalue weighted by Gasteiger charge is 2.36. The lowest BCUT2D eigenvalue weighted by Gasteiger charge is -2.39. The zero-order valence-corrected chi connectivity index (χ0v) is 24.1. The van der Waals surface area contributed by atoms with Crippen molar-refractivity contribution < 1.29 is 40.8 Å². The summed E-state index contributed by atoms with van der Waals surface area (Å²) >= 11 is 0. The van der Waals surface area contributed by atoms with Crippen LogP contribution in [-0.2, 0) is 47.5 Å². The molecule has 15 heteroatoms. The number of imidazole rings is 1. The largest absolute Gasteiger partial charge is 0.416 e. The van der Waals surface area contributed by atoms with E-state index in [1.807, 2.05) is 4.90 Å². The van der Waals surface area contributed by atoms with Crippen LogP contribution in [-0.4, -0.2) is 79.4 Å². The fourth-order valence-corrected chi connectivity index (χ4v) is 5.83. The summed E-state index contributed by atoms with van der Waals surface area (Å²) in [6.45, 7) is 1.84. The van der Waals surface area contributed by atoms with Crippen molar-refractivity contribution in [1.82, 2.24) is 24.1 Å². The molecule has 1 saturated heterocycles. The van der Waals surface area contributed by atoms with Gasteiger partial charge < -0.3 is 15.4 Å². The number of alkyl halides is 6. The minimum atomic E-state index is -4.45. The van der Waals surface area contributed by atoms with Gasteiger partial charge in [0, 0.05) is 63.8 Å². The van der Waals surface area contributed by atoms with Gasteiger partial charge in [-0.3, -0.25) is 9.69 Å². The number of piperazine rings is 1. The molecule has 3 aromatic rings. The molecule has 2 unspecified atom stereocenters. The topological polar surface area (TPSA) is 102 Å². The molecule has 1 amide bonds. The van der Waals surface area contributed by atoms with E-state index in [0.29, 0.717) is 38.2 Å². The zero-order chi connectivity index (χ0) is 30.5. The number of carbonyl (C=O) groups is 1. The third-order valence-corrected chi connectivity index (χ3v) is 8.28. The standard InChI is InChI=1S/C28H31F6N5O2S.H2O/c1-42(41)39-15-14-37(13-11-21-4-2-3-5-24(21)28(32,33)34)18-25(39)26(40)36-12-10-23-16-35-19-38(23)17-20-6-8-22(9-7-20)27(29,30)31;/h2-9,16,19,25H,10-15,17-18H2,1H3,(H,36,40);1H2. The quantitative estimate of drug-likeness (QED) is 0.346. The predicted molar refractivity (Wildman–Crippen MR) is 149 cm³/mol. The molecule has 0 bridgehead atoms. The van der Waals surface area contributed by atoms with Crippen molar-refractivity contribution in [3.8, 4) is 0 Å². The summed E-state index contributed by atoms with van der Waals surface area (Å²) in [4.78, 5) is 19.2. The number of hydrogen-bond donors (Lipinski definition) is 1. The fraction of sp³-hybridized carbons (Fsp3) is 0.429. The van der Waals surface area contributed by atoms with Gasteiger partial charge in [0.1, 0.15) is 6.04 Å². The minimum Gasteiger partial charge on any atom is -0.412 e. The number of rotatable bonds is 10. The maximum atomic E-state index is 13.4. The van der Waals surface area contributed by atoms with Crippen LogP contribution < -0.4 is 5.32 Å². The van der Waals surface area contributed by atoms with Crippen LogP contribution in [0.15, 0.2) is 61.1 Å². The number of nitrogens with one attached hydrogen (secondary N) is 1. The van der Waals surface area contributed by atoms with Gasteiger partial charge in [0.15, 0.2) is 0 Å². The second-order valence-corrected chi connectivity index (χ2v) is 11.4. The lowest BCUT2D eigenvalue weighted by atomic mass is 10.0. The van der Waals surface area contributed by atoms with Crippen molar-refractivity contribution >= 4 is 16.9 Å². The van der Waals surface area contributed by atoms with Crippen molar-refractivity contribution in [2.45, 2.75) is 37.8 Å². The molecule has 1 aliphatic heterocycles. The number of amides is 1. The van der Waals surface area contributed by atoms with Crippen molar-refractivity contribution in [1.29, 1.82) is 0 Å². The second kappa shape index (κ2) is 14.5. The Morgan fingerprint density at radius 3 is 2.35 bits per heavy atom. The lowest BCUT2D eigenvalue weighted by Crippen LogP contribution is -2.59. The van der Waals surface area contributed by atoms with Crippen LogP contribution in [0, 0.1) is 0 Å². The van der Waals surface area contributed by atoms with Crippen molar-refractivity contribution in [3.05, 3.63) is 89.0 Å². The number of halogens is 6. The van der Waals surface area contributed by atoms with Crippen molar-refractivity contribution in [2.24, 2.45) is 0 Å². The third-order valence-electron chi connectivity index (χ3n) is 7.18. The van der Waals surface area contributed by atoms with Gasteiger partial charge >= 0.3 is 12.4 Å². The molecular formula is C28H33F6N5O3S. The van der Waals surface area contributed by atoms with E-state index >= 15 is 0 Å². The summed E-state index contributed by atoms with van der Waals surface area (Å²) in [7, 11) is -1.43. The molecule has 1 aromatic heterocycles. The van der Waals surface area contributed by atoms with Crippen LogP contribution >= 0.6 is 0 Å². The molecular weight excluding hydrogens is 600 g/mol. The van der Waals surface area contributed by atoms with Crippen LogP contribution in [0.1, 0.15) is 27.9 Å². The molecule has 43 heavy (non-hydrogen) atoms. The number of nitrogens with zero attached hydrogens (tertiary/aromatic N) is 4. The highest BCUT2D eigenvalue weighted by Crippen LogP contribution is 2.32. The van der Waals surface area contributed by atoms with Gasteiger partial charge in [-0.25, -0.2) is 13.5 Å². The maximum Gasteiger partial charge on any atom is 0.416 e. The smallest absolute Gasteiger partial charge is 0.412 e. The first-order valence-electron chi connectivity index (χ1n) is 13.2. The van der Waals surface area contributed by atoms with Crippen LogP contribution in [0.5, 0.6) is 0 Å². The number of hydrogen-bond acceptors (Lipinski definition) is 4. The van der Waals surface area contributed by atoms with Crippen LogP contribution in [0.4, 0.5) is 26.3 Å². The molecule has 0 spiro atoms. The van der Waals surface area contributed by atoms with E-state index in [1.165, 1.54) is 30.5 Å². The molecule has 2 aromatic carbocycles. The van der Waals surface area contributed by atoms with E-state index in [0.717, 1.165) is 23.9 Å². The summed E-state index contributed by atoms with van der Waals surface area (Å²) in [5.41, 5.74) is 0.201. The molecule has 3 N–H and O–H groups in total. The summed E-state index contributed by atoms with van der Waals surface area (Å²) in [6, 6.07) is 9.54. The van der Waals surface area contributed by atoms with Crippen molar-refractivity contribution in [2.75, 3.05) is 39.0 Å². The second-order valence-electron chi connectivity index (χ2n) is 10.0. The molecule has 0 radical (unpaired) electrons. The van der Waals surface area contributed by atoms with Crippen LogP contribution in [0.2, 0.25) is 0 Å². The molecule has 0 saturated carbocycles. The van der Waals surface area contributed by atoms with Gasteiger partial charge in [0.25, 0.3) is 0 Å². The molecule has 1 fully saturated rings. The summed E-state index contributed by atoms with van der Waals surface area (Å²) < 4.78 is 94.4.